The first kappa shape index (κ1) is 56.5. The molecule has 8 saturated heterocycles. The van der Waals surface area contributed by atoms with Gasteiger partial charge in [0.1, 0.15) is 0 Å². The van der Waals surface area contributed by atoms with E-state index in [1.165, 1.54) is 225 Å². The molecule has 1 N–H and O–H groups in total. The number of ether oxygens (including phenoxy) is 5. The second-order valence-corrected chi connectivity index (χ2v) is 21.5. The Hall–Kier alpha value is 1.51. The fraction of sp³-hybridized carbons (Fsp3) is 1.00. The molecular weight excluding hydrogens is 807 g/mol. The van der Waals surface area contributed by atoms with E-state index in [1.807, 2.05) is 11.8 Å². The van der Waals surface area contributed by atoms with E-state index in [-0.39, 0.29) is 0 Å². The van der Waals surface area contributed by atoms with Crippen LogP contribution in [0.2, 0.25) is 0 Å². The van der Waals surface area contributed by atoms with Crippen LogP contribution in [0.25, 0.3) is 0 Å². The van der Waals surface area contributed by atoms with Gasteiger partial charge in [0.15, 0.2) is 0 Å². The summed E-state index contributed by atoms with van der Waals surface area (Å²) in [5, 5.41) is 3.28. The number of thioether (sulfide) groups is 5. The number of rotatable bonds is 0. The molecule has 9 aliphatic rings. The minimum atomic E-state index is 0.778. The van der Waals surface area contributed by atoms with Gasteiger partial charge in [0, 0.05) is 60.9 Å². The van der Waals surface area contributed by atoms with Crippen LogP contribution in [0.4, 0.5) is 0 Å². The van der Waals surface area contributed by atoms with Crippen LogP contribution in [0.5, 0.6) is 0 Å². The first-order valence-corrected chi connectivity index (χ1v) is 29.8. The van der Waals surface area contributed by atoms with E-state index in [1.54, 1.807) is 0 Å². The van der Waals surface area contributed by atoms with Crippen LogP contribution >= 0.6 is 58.8 Å². The van der Waals surface area contributed by atoms with Gasteiger partial charge < -0.3 is 29.0 Å². The van der Waals surface area contributed by atoms with Crippen LogP contribution in [0.1, 0.15) is 154 Å². The molecule has 11 heteroatoms. The highest BCUT2D eigenvalue weighted by molar-refractivity contribution is 8.06. The van der Waals surface area contributed by atoms with Crippen molar-refractivity contribution in [1.82, 2.24) is 5.32 Å². The zero-order valence-electron chi connectivity index (χ0n) is 37.1. The molecule has 9 rings (SSSR count). The van der Waals surface area contributed by atoms with Gasteiger partial charge in [-0.3, -0.25) is 0 Å². The smallest absolute Gasteiger partial charge is 0.0701 e. The minimum Gasteiger partial charge on any atom is -0.381 e. The molecule has 0 spiro atoms. The molecule has 342 valence electrons. The zero-order valence-corrected chi connectivity index (χ0v) is 41.2. The molecule has 0 unspecified atom stereocenters. The van der Waals surface area contributed by atoms with Gasteiger partial charge in [0.2, 0.25) is 0 Å². The highest BCUT2D eigenvalue weighted by Gasteiger charge is 2.00. The lowest BCUT2D eigenvalue weighted by Gasteiger charge is -2.09. The lowest BCUT2D eigenvalue weighted by molar-refractivity contribution is -0.0334. The van der Waals surface area contributed by atoms with Crippen molar-refractivity contribution >= 4 is 58.8 Å². The average molecular weight is 901 g/mol. The van der Waals surface area contributed by atoms with E-state index in [2.05, 4.69) is 52.4 Å². The Morgan fingerprint density at radius 1 is 0.193 bits per heavy atom. The number of hydrogen-bond acceptors (Lipinski definition) is 11. The monoisotopic (exact) mass is 900 g/mol. The molecule has 0 atom stereocenters. The summed E-state index contributed by atoms with van der Waals surface area (Å²) in [5.74, 6) is 13.6. The standard InChI is InChI=1S/C7H14.C6H12O.C6H12S.C5H11N.C5H10O.C5H10S.C4H8O2.C4H8OS.C4H8S2/c3*1-2-4-6-7-5-3-1;3*1-2-4-6-5-3-1;1-2-6-4-3-5-1;1-3-6-4-2-5-1;1-2-6-4-3-5-1/h1-7H2;2*1-6H2;6H,1-5H2;2*1-5H2;3*1-4H2. The fourth-order valence-corrected chi connectivity index (χ4v) is 11.5. The third-order valence-electron chi connectivity index (χ3n) is 10.00. The molecule has 0 aromatic carbocycles. The summed E-state index contributed by atoms with van der Waals surface area (Å²) in [6.45, 7) is 11.5. The highest BCUT2D eigenvalue weighted by atomic mass is 32.2. The van der Waals surface area contributed by atoms with Crippen LogP contribution < -0.4 is 5.32 Å². The third-order valence-corrected chi connectivity index (χ3v) is 15.7. The Bertz CT molecular complexity index is 442. The van der Waals surface area contributed by atoms with Crippen LogP contribution in [0, 0.1) is 0 Å². The number of piperidine rings is 1. The minimum absolute atomic E-state index is 0.778. The molecule has 1 saturated carbocycles. The number of hydrogen-bond donors (Lipinski definition) is 1. The highest BCUT2D eigenvalue weighted by Crippen LogP contribution is 2.17. The van der Waals surface area contributed by atoms with Crippen LogP contribution in [-0.4, -0.2) is 137 Å². The van der Waals surface area contributed by atoms with Gasteiger partial charge in [-0.1, -0.05) is 83.5 Å². The van der Waals surface area contributed by atoms with Gasteiger partial charge in [0.25, 0.3) is 0 Å². The first-order valence-electron chi connectivity index (χ1n) is 24.0. The van der Waals surface area contributed by atoms with Crippen molar-refractivity contribution in [2.45, 2.75) is 154 Å². The summed E-state index contributed by atoms with van der Waals surface area (Å²) in [5.41, 5.74) is 0. The summed E-state index contributed by atoms with van der Waals surface area (Å²) in [4.78, 5) is 0. The maximum absolute atomic E-state index is 5.19. The molecule has 0 aromatic rings. The first-order chi connectivity index (χ1) is 28.5. The molecule has 0 amide bonds. The largest absolute Gasteiger partial charge is 0.381 e. The van der Waals surface area contributed by atoms with E-state index < -0.39 is 0 Å². The van der Waals surface area contributed by atoms with Crippen LogP contribution in [-0.2, 0) is 23.7 Å². The van der Waals surface area contributed by atoms with Gasteiger partial charge in [-0.15, -0.1) is 0 Å². The molecule has 8 heterocycles. The van der Waals surface area contributed by atoms with Crippen molar-refractivity contribution in [2.75, 3.05) is 137 Å². The molecule has 0 radical (unpaired) electrons. The number of nitrogens with one attached hydrogen (secondary N) is 1. The summed E-state index contributed by atoms with van der Waals surface area (Å²) in [6.07, 6.45) is 34.2. The van der Waals surface area contributed by atoms with Crippen molar-refractivity contribution in [3.05, 3.63) is 0 Å². The van der Waals surface area contributed by atoms with Crippen LogP contribution in [0.15, 0.2) is 0 Å². The van der Waals surface area contributed by atoms with E-state index >= 15 is 0 Å². The topological polar surface area (TPSA) is 58.2 Å². The van der Waals surface area contributed by atoms with Gasteiger partial charge >= 0.3 is 0 Å². The Kier molecular flexibility index (Phi) is 53.2. The summed E-state index contributed by atoms with van der Waals surface area (Å²) >= 11 is 10.3. The predicted molar refractivity (Wildman–Crippen MR) is 264 cm³/mol. The van der Waals surface area contributed by atoms with Crippen molar-refractivity contribution in [2.24, 2.45) is 0 Å². The molecule has 57 heavy (non-hydrogen) atoms. The van der Waals surface area contributed by atoms with Gasteiger partial charge in [-0.05, 0) is 107 Å². The van der Waals surface area contributed by atoms with E-state index in [0.29, 0.717) is 0 Å². The lowest BCUT2D eigenvalue weighted by Crippen LogP contribution is -2.21. The molecule has 0 aromatic heterocycles. The quantitative estimate of drug-likeness (QED) is 0.237. The molecular formula is C46H93NO5S5. The van der Waals surface area contributed by atoms with Gasteiger partial charge in [0.05, 0.1) is 39.6 Å². The van der Waals surface area contributed by atoms with Crippen molar-refractivity contribution in [3.8, 4) is 0 Å². The molecule has 0 bridgehead atoms. The summed E-state index contributed by atoms with van der Waals surface area (Å²) in [6, 6.07) is 0. The fourth-order valence-electron chi connectivity index (χ4n) is 6.46. The Balaban J connectivity index is 0.000000321. The van der Waals surface area contributed by atoms with Crippen molar-refractivity contribution in [1.29, 1.82) is 0 Å². The van der Waals surface area contributed by atoms with Gasteiger partial charge in [-0.2, -0.15) is 58.8 Å². The van der Waals surface area contributed by atoms with Crippen molar-refractivity contribution < 1.29 is 23.7 Å². The summed E-state index contributed by atoms with van der Waals surface area (Å²) < 4.78 is 25.2. The summed E-state index contributed by atoms with van der Waals surface area (Å²) in [7, 11) is 0. The van der Waals surface area contributed by atoms with Gasteiger partial charge in [-0.25, -0.2) is 0 Å². The Morgan fingerprint density at radius 2 is 0.439 bits per heavy atom. The van der Waals surface area contributed by atoms with E-state index in [4.69, 9.17) is 23.7 Å². The van der Waals surface area contributed by atoms with E-state index in [0.717, 1.165) is 66.1 Å². The second kappa shape index (κ2) is 53.6. The predicted octanol–water partition coefficient (Wildman–Crippen LogP) is 12.7. The van der Waals surface area contributed by atoms with Crippen LogP contribution in [0.3, 0.4) is 0 Å². The third kappa shape index (κ3) is 51.8. The average Bonchev–Trinajstić information content (AvgIpc) is 3.95. The van der Waals surface area contributed by atoms with Crippen molar-refractivity contribution in [3.63, 3.8) is 0 Å². The SMILES string of the molecule is C1CCCCCC1.C1CCCOCC1.C1CCCSCC1.C1CCNCC1.C1CCOCC1.C1CCSCC1.C1COCCO1.C1CSCCO1.C1CSCCS1. The Morgan fingerprint density at radius 3 is 0.684 bits per heavy atom. The Labute approximate surface area is 376 Å². The normalized spacial score (nSPS) is 24.0. The lowest BCUT2D eigenvalue weighted by atomic mass is 10.2. The van der Waals surface area contributed by atoms with E-state index in [9.17, 15) is 0 Å². The maximum atomic E-state index is 5.19. The molecule has 8 aliphatic heterocycles. The molecule has 1 aliphatic carbocycles. The maximum Gasteiger partial charge on any atom is 0.0701 e. The zero-order chi connectivity index (χ0) is 40.3. The molecule has 6 nitrogen and oxygen atoms in total. The molecule has 9 fully saturated rings. The second-order valence-electron chi connectivity index (χ2n) is 15.4.